The van der Waals surface area contributed by atoms with Gasteiger partial charge in [0.05, 0.1) is 28.5 Å². The van der Waals surface area contributed by atoms with Crippen LogP contribution in [0.4, 0.5) is 10.1 Å². The predicted molar refractivity (Wildman–Crippen MR) is 86.1 cm³/mol. The number of nitriles is 1. The Hall–Kier alpha value is -3.11. The monoisotopic (exact) mass is 342 g/mol. The lowest BCUT2D eigenvalue weighted by molar-refractivity contribution is 0.582. The second-order valence-corrected chi connectivity index (χ2v) is 6.59. The molecule has 0 atom stereocenters. The molecular weight excluding hydrogens is 331 g/mol. The Bertz CT molecular complexity index is 1000. The molecule has 1 N–H and O–H groups in total. The standard InChI is InChI=1S/C17H11FN2O3S/c18-13-4-6-14(7-5-13)24(21,22)20-16-10-12(11-19)3-8-15(16)17-2-1-9-23-17/h1-10,20H. The van der Waals surface area contributed by atoms with E-state index in [9.17, 15) is 12.8 Å². The van der Waals surface area contributed by atoms with Crippen LogP contribution in [-0.2, 0) is 10.0 Å². The molecule has 2 aromatic carbocycles. The van der Waals surface area contributed by atoms with E-state index in [2.05, 4.69) is 4.72 Å². The van der Waals surface area contributed by atoms with Crippen molar-refractivity contribution in [2.45, 2.75) is 4.90 Å². The molecule has 24 heavy (non-hydrogen) atoms. The third-order valence-electron chi connectivity index (χ3n) is 3.30. The minimum atomic E-state index is -3.94. The molecule has 0 spiro atoms. The molecule has 0 saturated heterocycles. The first kappa shape index (κ1) is 15.8. The lowest BCUT2D eigenvalue weighted by atomic mass is 10.1. The maximum atomic E-state index is 13.0. The molecule has 0 unspecified atom stereocenters. The van der Waals surface area contributed by atoms with Crippen molar-refractivity contribution in [3.05, 3.63) is 72.2 Å². The van der Waals surface area contributed by atoms with Crippen molar-refractivity contribution in [1.29, 1.82) is 5.26 Å². The van der Waals surface area contributed by atoms with E-state index in [1.165, 1.54) is 24.5 Å². The number of nitrogens with one attached hydrogen (secondary N) is 1. The molecule has 1 aromatic heterocycles. The molecule has 3 aromatic rings. The number of nitrogens with zero attached hydrogens (tertiary/aromatic N) is 1. The van der Waals surface area contributed by atoms with Crippen molar-refractivity contribution >= 4 is 15.7 Å². The number of rotatable bonds is 4. The van der Waals surface area contributed by atoms with Gasteiger partial charge in [0.25, 0.3) is 10.0 Å². The van der Waals surface area contributed by atoms with Gasteiger partial charge >= 0.3 is 0 Å². The highest BCUT2D eigenvalue weighted by molar-refractivity contribution is 7.92. The smallest absolute Gasteiger partial charge is 0.261 e. The van der Waals surface area contributed by atoms with E-state index in [1.807, 2.05) is 6.07 Å². The SMILES string of the molecule is N#Cc1ccc(-c2ccco2)c(NS(=O)(=O)c2ccc(F)cc2)c1. The lowest BCUT2D eigenvalue weighted by Gasteiger charge is -2.12. The summed E-state index contributed by atoms with van der Waals surface area (Å²) in [5.41, 5.74) is 0.986. The molecule has 1 heterocycles. The maximum absolute atomic E-state index is 13.0. The van der Waals surface area contributed by atoms with Crippen molar-refractivity contribution in [2.24, 2.45) is 0 Å². The Balaban J connectivity index is 2.05. The van der Waals surface area contributed by atoms with Gasteiger partial charge in [-0.1, -0.05) is 0 Å². The van der Waals surface area contributed by atoms with Crippen molar-refractivity contribution < 1.29 is 17.2 Å². The minimum Gasteiger partial charge on any atom is -0.464 e. The Morgan fingerprint density at radius 3 is 2.46 bits per heavy atom. The average Bonchev–Trinajstić information content (AvgIpc) is 3.09. The fourth-order valence-electron chi connectivity index (χ4n) is 2.16. The second kappa shape index (κ2) is 6.18. The zero-order chi connectivity index (χ0) is 17.2. The Morgan fingerprint density at radius 1 is 1.08 bits per heavy atom. The van der Waals surface area contributed by atoms with Crippen LogP contribution in [0.25, 0.3) is 11.3 Å². The van der Waals surface area contributed by atoms with Gasteiger partial charge in [0, 0.05) is 5.56 Å². The summed E-state index contributed by atoms with van der Waals surface area (Å²) in [5, 5.41) is 9.04. The van der Waals surface area contributed by atoms with Crippen LogP contribution in [0.1, 0.15) is 5.56 Å². The molecule has 0 amide bonds. The number of anilines is 1. The summed E-state index contributed by atoms with van der Waals surface area (Å²) < 4.78 is 45.7. The van der Waals surface area contributed by atoms with E-state index < -0.39 is 15.8 Å². The van der Waals surface area contributed by atoms with E-state index >= 15 is 0 Å². The Kier molecular flexibility index (Phi) is 4.06. The number of furan rings is 1. The fraction of sp³-hybridized carbons (Fsp3) is 0. The van der Waals surface area contributed by atoms with Crippen LogP contribution in [0, 0.1) is 17.1 Å². The second-order valence-electron chi connectivity index (χ2n) is 4.91. The highest BCUT2D eigenvalue weighted by Crippen LogP contribution is 2.31. The molecule has 0 aliphatic carbocycles. The van der Waals surface area contributed by atoms with Crippen LogP contribution in [0.15, 0.2) is 70.2 Å². The van der Waals surface area contributed by atoms with Gasteiger partial charge in [-0.05, 0) is 54.6 Å². The predicted octanol–water partition coefficient (Wildman–Crippen LogP) is 3.76. The largest absolute Gasteiger partial charge is 0.464 e. The molecule has 0 bridgehead atoms. The van der Waals surface area contributed by atoms with E-state index in [-0.39, 0.29) is 10.6 Å². The summed E-state index contributed by atoms with van der Waals surface area (Å²) >= 11 is 0. The molecule has 3 rings (SSSR count). The third kappa shape index (κ3) is 3.14. The van der Waals surface area contributed by atoms with Crippen LogP contribution >= 0.6 is 0 Å². The van der Waals surface area contributed by atoms with Gasteiger partial charge in [-0.3, -0.25) is 4.72 Å². The van der Waals surface area contributed by atoms with Gasteiger partial charge in [0.1, 0.15) is 11.6 Å². The lowest BCUT2D eigenvalue weighted by Crippen LogP contribution is -2.13. The van der Waals surface area contributed by atoms with E-state index in [0.717, 1.165) is 12.1 Å². The third-order valence-corrected chi connectivity index (χ3v) is 4.68. The van der Waals surface area contributed by atoms with Gasteiger partial charge < -0.3 is 4.42 Å². The number of hydrogen-bond acceptors (Lipinski definition) is 4. The Labute approximate surface area is 138 Å². The molecule has 5 nitrogen and oxygen atoms in total. The van der Waals surface area contributed by atoms with Crippen molar-refractivity contribution in [3.8, 4) is 17.4 Å². The maximum Gasteiger partial charge on any atom is 0.261 e. The highest BCUT2D eigenvalue weighted by Gasteiger charge is 2.18. The number of sulfonamides is 1. The number of hydrogen-bond donors (Lipinski definition) is 1. The van der Waals surface area contributed by atoms with Gasteiger partial charge in [-0.15, -0.1) is 0 Å². The summed E-state index contributed by atoms with van der Waals surface area (Å²) in [7, 11) is -3.94. The summed E-state index contributed by atoms with van der Waals surface area (Å²) in [6, 6.07) is 14.3. The van der Waals surface area contributed by atoms with Crippen LogP contribution in [0.5, 0.6) is 0 Å². The van der Waals surface area contributed by atoms with E-state index in [0.29, 0.717) is 16.9 Å². The van der Waals surface area contributed by atoms with Crippen molar-refractivity contribution in [2.75, 3.05) is 4.72 Å². The molecule has 0 fully saturated rings. The number of halogens is 1. The summed E-state index contributed by atoms with van der Waals surface area (Å²) in [5.74, 6) is -0.0759. The summed E-state index contributed by atoms with van der Waals surface area (Å²) in [4.78, 5) is -0.0864. The zero-order valence-corrected chi connectivity index (χ0v) is 13.0. The summed E-state index contributed by atoms with van der Waals surface area (Å²) in [6.07, 6.45) is 1.46. The van der Waals surface area contributed by atoms with E-state index in [4.69, 9.17) is 9.68 Å². The van der Waals surface area contributed by atoms with Crippen molar-refractivity contribution in [3.63, 3.8) is 0 Å². The molecular formula is C17H11FN2O3S. The minimum absolute atomic E-state index is 0.0864. The van der Waals surface area contributed by atoms with Crippen LogP contribution < -0.4 is 4.72 Å². The van der Waals surface area contributed by atoms with Gasteiger partial charge in [-0.2, -0.15) is 5.26 Å². The first-order chi connectivity index (χ1) is 11.5. The van der Waals surface area contributed by atoms with Crippen molar-refractivity contribution in [1.82, 2.24) is 0 Å². The fourth-order valence-corrected chi connectivity index (χ4v) is 3.23. The summed E-state index contributed by atoms with van der Waals surface area (Å²) in [6.45, 7) is 0. The van der Waals surface area contributed by atoms with Crippen LogP contribution in [-0.4, -0.2) is 8.42 Å². The normalized spacial score (nSPS) is 11.0. The highest BCUT2D eigenvalue weighted by atomic mass is 32.2. The topological polar surface area (TPSA) is 83.1 Å². The average molecular weight is 342 g/mol. The molecule has 0 aliphatic heterocycles. The molecule has 0 saturated carbocycles. The number of benzene rings is 2. The van der Waals surface area contributed by atoms with Gasteiger partial charge in [-0.25, -0.2) is 12.8 Å². The van der Waals surface area contributed by atoms with Crippen LogP contribution in [0.3, 0.4) is 0 Å². The molecule has 120 valence electrons. The van der Waals surface area contributed by atoms with E-state index in [1.54, 1.807) is 24.3 Å². The quantitative estimate of drug-likeness (QED) is 0.782. The van der Waals surface area contributed by atoms with Crippen LogP contribution in [0.2, 0.25) is 0 Å². The molecule has 0 radical (unpaired) electrons. The first-order valence-corrected chi connectivity index (χ1v) is 8.34. The first-order valence-electron chi connectivity index (χ1n) is 6.86. The van der Waals surface area contributed by atoms with Gasteiger partial charge in [0.2, 0.25) is 0 Å². The molecule has 7 heteroatoms. The zero-order valence-electron chi connectivity index (χ0n) is 12.2. The Morgan fingerprint density at radius 2 is 1.83 bits per heavy atom. The molecule has 0 aliphatic rings. The van der Waals surface area contributed by atoms with Gasteiger partial charge in [0.15, 0.2) is 0 Å².